The van der Waals surface area contributed by atoms with Crippen molar-refractivity contribution in [1.29, 1.82) is 0 Å². The van der Waals surface area contributed by atoms with Crippen LogP contribution in [0.15, 0.2) is 12.0 Å². The summed E-state index contributed by atoms with van der Waals surface area (Å²) in [4.78, 5) is 0. The molecule has 0 aliphatic heterocycles. The van der Waals surface area contributed by atoms with Gasteiger partial charge in [0.25, 0.3) is 14.3 Å². The molecule has 0 aromatic rings. The maximum atomic E-state index is 6.60. The van der Waals surface area contributed by atoms with E-state index in [9.17, 15) is 0 Å². The van der Waals surface area contributed by atoms with Gasteiger partial charge in [-0.1, -0.05) is 48.5 Å². The third-order valence-corrected chi connectivity index (χ3v) is 14.7. The average Bonchev–Trinajstić information content (AvgIpc) is 2.62. The van der Waals surface area contributed by atoms with Crippen LogP contribution < -0.4 is 0 Å². The predicted octanol–water partition coefficient (Wildman–Crippen LogP) is 6.30. The second-order valence-corrected chi connectivity index (χ2v) is 15.8. The van der Waals surface area contributed by atoms with Crippen LogP contribution in [0.4, 0.5) is 0 Å². The highest BCUT2D eigenvalue weighted by Crippen LogP contribution is 2.28. The van der Waals surface area contributed by atoms with E-state index in [2.05, 4.69) is 54.5 Å². The van der Waals surface area contributed by atoms with E-state index in [0.717, 1.165) is 24.6 Å². The fraction of sp³-hybridized carbons (Fsp3) is 0.889. The molecule has 0 radical (unpaired) electrons. The summed E-state index contributed by atoms with van der Waals surface area (Å²) in [6, 6.07) is 6.88. The molecule has 0 saturated heterocycles. The Kier molecular flexibility index (Phi) is 11.2. The molecule has 0 spiro atoms. The quantitative estimate of drug-likeness (QED) is 0.285. The summed E-state index contributed by atoms with van der Waals surface area (Å²) in [6.45, 7) is 15.7. The molecule has 0 aliphatic carbocycles. The Morgan fingerprint density at radius 1 is 0.783 bits per heavy atom. The molecule has 23 heavy (non-hydrogen) atoms. The first-order chi connectivity index (χ1) is 10.9. The molecule has 0 aliphatic rings. The van der Waals surface area contributed by atoms with Gasteiger partial charge in [-0.05, 0) is 42.7 Å². The van der Waals surface area contributed by atoms with Crippen molar-refractivity contribution >= 4 is 16.6 Å². The first-order valence-electron chi connectivity index (χ1n) is 9.56. The molecule has 0 saturated carbocycles. The van der Waals surface area contributed by atoms with Gasteiger partial charge in [-0.2, -0.15) is 0 Å². The lowest BCUT2D eigenvalue weighted by Gasteiger charge is -2.33. The second kappa shape index (κ2) is 11.3. The number of hydrogen-bond donors (Lipinski definition) is 0. The number of rotatable bonds is 13. The Balaban J connectivity index is 5.24. The monoisotopic (exact) mass is 360 g/mol. The van der Waals surface area contributed by atoms with Crippen molar-refractivity contribution in [3.63, 3.8) is 0 Å². The fourth-order valence-corrected chi connectivity index (χ4v) is 8.42. The molecule has 0 aromatic heterocycles. The van der Waals surface area contributed by atoms with E-state index in [1.165, 1.54) is 18.1 Å². The Morgan fingerprint density at radius 3 is 1.52 bits per heavy atom. The molecule has 0 heterocycles. The SMILES string of the molecule is CC[C@@H](/C=C(/OC)O[Si](CC)(CC)CC)O[Si](CC)(CC)CC. The van der Waals surface area contributed by atoms with Gasteiger partial charge in [0.2, 0.25) is 0 Å². The highest BCUT2D eigenvalue weighted by molar-refractivity contribution is 6.74. The van der Waals surface area contributed by atoms with Crippen molar-refractivity contribution in [2.24, 2.45) is 0 Å². The first-order valence-corrected chi connectivity index (χ1v) is 14.6. The highest BCUT2D eigenvalue weighted by atomic mass is 28.4. The average molecular weight is 361 g/mol. The van der Waals surface area contributed by atoms with Gasteiger partial charge >= 0.3 is 0 Å². The molecule has 3 nitrogen and oxygen atoms in total. The van der Waals surface area contributed by atoms with Gasteiger partial charge in [0.05, 0.1) is 13.2 Å². The lowest BCUT2D eigenvalue weighted by Crippen LogP contribution is -2.40. The van der Waals surface area contributed by atoms with E-state index in [0.29, 0.717) is 5.95 Å². The molecule has 5 heteroatoms. The van der Waals surface area contributed by atoms with Gasteiger partial charge in [0.1, 0.15) is 0 Å². The Labute approximate surface area is 147 Å². The third-order valence-electron chi connectivity index (χ3n) is 5.51. The molecule has 0 fully saturated rings. The summed E-state index contributed by atoms with van der Waals surface area (Å²) in [6.07, 6.45) is 3.16. The number of methoxy groups -OCH3 is 1. The molecule has 0 aromatic carbocycles. The Morgan fingerprint density at radius 2 is 1.22 bits per heavy atom. The zero-order valence-electron chi connectivity index (χ0n) is 16.8. The van der Waals surface area contributed by atoms with Crippen LogP contribution >= 0.6 is 0 Å². The standard InChI is InChI=1S/C18H40O3Si2/c1-9-17(20-22(10-2,11-3)12-4)16-18(19-8)21-23(13-5,14-6)15-7/h16-17H,9-15H2,1-8H3/b18-16-/t17-/m0/s1. The van der Waals surface area contributed by atoms with Crippen molar-refractivity contribution in [3.05, 3.63) is 12.0 Å². The van der Waals surface area contributed by atoms with Crippen LogP contribution in [0, 0.1) is 0 Å². The van der Waals surface area contributed by atoms with E-state index >= 15 is 0 Å². The van der Waals surface area contributed by atoms with Crippen LogP contribution in [-0.2, 0) is 13.6 Å². The van der Waals surface area contributed by atoms with Crippen LogP contribution in [0.25, 0.3) is 0 Å². The smallest absolute Gasteiger partial charge is 0.263 e. The molecule has 0 amide bonds. The van der Waals surface area contributed by atoms with Crippen molar-refractivity contribution in [2.75, 3.05) is 7.11 Å². The minimum atomic E-state index is -1.70. The minimum Gasteiger partial charge on any atom is -0.519 e. The summed E-state index contributed by atoms with van der Waals surface area (Å²) in [5.41, 5.74) is 0. The Bertz CT molecular complexity index is 321. The lowest BCUT2D eigenvalue weighted by molar-refractivity contribution is 0.130. The van der Waals surface area contributed by atoms with Crippen LogP contribution in [0.3, 0.4) is 0 Å². The van der Waals surface area contributed by atoms with Crippen molar-refractivity contribution < 1.29 is 13.6 Å². The van der Waals surface area contributed by atoms with E-state index in [1.807, 2.05) is 0 Å². The molecule has 1 atom stereocenters. The van der Waals surface area contributed by atoms with Gasteiger partial charge in [-0.15, -0.1) is 0 Å². The largest absolute Gasteiger partial charge is 0.519 e. The summed E-state index contributed by atoms with van der Waals surface area (Å²) >= 11 is 0. The van der Waals surface area contributed by atoms with Gasteiger partial charge in [-0.25, -0.2) is 0 Å². The topological polar surface area (TPSA) is 27.7 Å². The van der Waals surface area contributed by atoms with Crippen LogP contribution in [0.5, 0.6) is 0 Å². The molecular weight excluding hydrogens is 320 g/mol. The zero-order chi connectivity index (χ0) is 17.9. The van der Waals surface area contributed by atoms with Gasteiger partial charge in [-0.3, -0.25) is 0 Å². The third kappa shape index (κ3) is 6.63. The molecule has 0 rings (SSSR count). The van der Waals surface area contributed by atoms with Crippen molar-refractivity contribution in [3.8, 4) is 0 Å². The van der Waals surface area contributed by atoms with E-state index in [4.69, 9.17) is 13.6 Å². The van der Waals surface area contributed by atoms with Crippen LogP contribution in [0.1, 0.15) is 54.9 Å². The van der Waals surface area contributed by atoms with Gasteiger partial charge < -0.3 is 13.6 Å². The first kappa shape index (κ1) is 22.7. The molecule has 0 bridgehead atoms. The number of ether oxygens (including phenoxy) is 1. The molecular formula is C18H40O3Si2. The zero-order valence-corrected chi connectivity index (χ0v) is 18.8. The molecule has 138 valence electrons. The predicted molar refractivity (Wildman–Crippen MR) is 106 cm³/mol. The fourth-order valence-electron chi connectivity index (χ4n) is 3.03. The highest BCUT2D eigenvalue weighted by Gasteiger charge is 2.34. The molecule has 0 N–H and O–H groups in total. The Hall–Kier alpha value is -0.266. The summed E-state index contributed by atoms with van der Waals surface area (Å²) in [5, 5.41) is 0. The van der Waals surface area contributed by atoms with E-state index in [1.54, 1.807) is 7.11 Å². The van der Waals surface area contributed by atoms with Crippen molar-refractivity contribution in [1.82, 2.24) is 0 Å². The van der Waals surface area contributed by atoms with E-state index < -0.39 is 16.6 Å². The van der Waals surface area contributed by atoms with Gasteiger partial charge in [0.15, 0.2) is 8.32 Å². The van der Waals surface area contributed by atoms with E-state index in [-0.39, 0.29) is 6.10 Å². The number of hydrogen-bond acceptors (Lipinski definition) is 3. The normalized spacial score (nSPS) is 14.7. The summed E-state index contributed by atoms with van der Waals surface area (Å²) < 4.78 is 18.6. The van der Waals surface area contributed by atoms with Crippen LogP contribution in [0.2, 0.25) is 36.3 Å². The lowest BCUT2D eigenvalue weighted by atomic mass is 10.3. The minimum absolute atomic E-state index is 0.105. The maximum Gasteiger partial charge on any atom is 0.263 e. The van der Waals surface area contributed by atoms with Gasteiger partial charge in [0, 0.05) is 6.08 Å². The van der Waals surface area contributed by atoms with Crippen LogP contribution in [-0.4, -0.2) is 29.8 Å². The molecule has 0 unspecified atom stereocenters. The second-order valence-electron chi connectivity index (χ2n) is 6.34. The summed E-state index contributed by atoms with van der Waals surface area (Å²) in [5.74, 6) is 0.681. The maximum absolute atomic E-state index is 6.60. The summed E-state index contributed by atoms with van der Waals surface area (Å²) in [7, 11) is -1.60. The van der Waals surface area contributed by atoms with Crippen molar-refractivity contribution in [2.45, 2.75) is 97.3 Å².